The van der Waals surface area contributed by atoms with Gasteiger partial charge in [0, 0.05) is 6.54 Å². The quantitative estimate of drug-likeness (QED) is 0.465. The zero-order valence-electron chi connectivity index (χ0n) is 13.0. The summed E-state index contributed by atoms with van der Waals surface area (Å²) in [4.78, 5) is 25.2. The molecule has 1 aliphatic rings. The number of carbonyl (C=O) groups is 2. The van der Waals surface area contributed by atoms with Crippen LogP contribution in [-0.4, -0.2) is 49.6 Å². The van der Waals surface area contributed by atoms with E-state index in [1.807, 2.05) is 0 Å². The van der Waals surface area contributed by atoms with E-state index in [4.69, 9.17) is 9.47 Å². The SMILES string of the molecule is C=CC(=O)N1CC=C[C@H]1C(=O)NCCOc1ccc(OC)cc1. The highest BCUT2D eigenvalue weighted by atomic mass is 16.5. The maximum atomic E-state index is 12.1. The van der Waals surface area contributed by atoms with E-state index >= 15 is 0 Å². The minimum absolute atomic E-state index is 0.229. The van der Waals surface area contributed by atoms with Crippen molar-refractivity contribution in [2.24, 2.45) is 0 Å². The van der Waals surface area contributed by atoms with Gasteiger partial charge in [0.15, 0.2) is 0 Å². The molecule has 1 aromatic carbocycles. The summed E-state index contributed by atoms with van der Waals surface area (Å²) in [5, 5.41) is 2.76. The van der Waals surface area contributed by atoms with Crippen LogP contribution in [0.3, 0.4) is 0 Å². The number of nitrogens with one attached hydrogen (secondary N) is 1. The maximum absolute atomic E-state index is 12.1. The molecule has 1 heterocycles. The summed E-state index contributed by atoms with van der Waals surface area (Å²) < 4.78 is 10.6. The summed E-state index contributed by atoms with van der Waals surface area (Å²) in [5.74, 6) is 0.965. The number of benzene rings is 1. The zero-order valence-corrected chi connectivity index (χ0v) is 13.0. The Morgan fingerprint density at radius 1 is 1.35 bits per heavy atom. The lowest BCUT2D eigenvalue weighted by atomic mass is 10.2. The molecule has 1 atom stereocenters. The molecule has 0 unspecified atom stereocenters. The van der Waals surface area contributed by atoms with Crippen LogP contribution >= 0.6 is 0 Å². The molecule has 0 saturated heterocycles. The topological polar surface area (TPSA) is 67.9 Å². The summed E-state index contributed by atoms with van der Waals surface area (Å²) in [6.07, 6.45) is 4.71. The molecular weight excluding hydrogens is 296 g/mol. The van der Waals surface area contributed by atoms with Gasteiger partial charge in [-0.05, 0) is 30.3 Å². The van der Waals surface area contributed by atoms with Gasteiger partial charge in [-0.15, -0.1) is 0 Å². The predicted octanol–water partition coefficient (Wildman–Crippen LogP) is 1.14. The van der Waals surface area contributed by atoms with E-state index in [-0.39, 0.29) is 11.8 Å². The third kappa shape index (κ3) is 4.35. The fourth-order valence-electron chi connectivity index (χ4n) is 2.21. The van der Waals surface area contributed by atoms with Gasteiger partial charge in [0.1, 0.15) is 24.1 Å². The van der Waals surface area contributed by atoms with Gasteiger partial charge in [-0.3, -0.25) is 9.59 Å². The lowest BCUT2D eigenvalue weighted by Gasteiger charge is -2.22. The van der Waals surface area contributed by atoms with Crippen LogP contribution in [0.25, 0.3) is 0 Å². The maximum Gasteiger partial charge on any atom is 0.247 e. The minimum atomic E-state index is -0.582. The van der Waals surface area contributed by atoms with Crippen molar-refractivity contribution in [3.63, 3.8) is 0 Å². The molecule has 0 aromatic heterocycles. The molecule has 23 heavy (non-hydrogen) atoms. The van der Waals surface area contributed by atoms with Gasteiger partial charge in [0.25, 0.3) is 0 Å². The van der Waals surface area contributed by atoms with Crippen LogP contribution in [-0.2, 0) is 9.59 Å². The van der Waals surface area contributed by atoms with Gasteiger partial charge in [-0.1, -0.05) is 18.7 Å². The first kappa shape index (κ1) is 16.6. The van der Waals surface area contributed by atoms with Crippen molar-refractivity contribution in [1.82, 2.24) is 10.2 Å². The second-order valence-corrected chi connectivity index (χ2v) is 4.88. The molecule has 1 N–H and O–H groups in total. The van der Waals surface area contributed by atoms with E-state index in [1.54, 1.807) is 43.5 Å². The summed E-state index contributed by atoms with van der Waals surface area (Å²) in [7, 11) is 1.60. The van der Waals surface area contributed by atoms with Gasteiger partial charge in [0.2, 0.25) is 11.8 Å². The molecule has 2 amide bonds. The van der Waals surface area contributed by atoms with Crippen molar-refractivity contribution in [3.8, 4) is 11.5 Å². The molecule has 0 aliphatic carbocycles. The second kappa shape index (κ2) is 8.03. The summed E-state index contributed by atoms with van der Waals surface area (Å²) >= 11 is 0. The summed E-state index contributed by atoms with van der Waals surface area (Å²) in [5.41, 5.74) is 0. The molecule has 0 spiro atoms. The minimum Gasteiger partial charge on any atom is -0.497 e. The van der Waals surface area contributed by atoms with Crippen LogP contribution in [0.4, 0.5) is 0 Å². The van der Waals surface area contributed by atoms with E-state index in [0.29, 0.717) is 25.4 Å². The number of rotatable bonds is 7. The fourth-order valence-corrected chi connectivity index (χ4v) is 2.21. The van der Waals surface area contributed by atoms with E-state index in [2.05, 4.69) is 11.9 Å². The van der Waals surface area contributed by atoms with Crippen LogP contribution in [0, 0.1) is 0 Å². The molecular formula is C17H20N2O4. The third-order valence-corrected chi connectivity index (χ3v) is 3.41. The van der Waals surface area contributed by atoms with Crippen molar-refractivity contribution in [2.45, 2.75) is 6.04 Å². The Hall–Kier alpha value is -2.76. The Kier molecular flexibility index (Phi) is 5.80. The number of hydrogen-bond acceptors (Lipinski definition) is 4. The normalized spacial score (nSPS) is 16.0. The monoisotopic (exact) mass is 316 g/mol. The van der Waals surface area contributed by atoms with Crippen LogP contribution < -0.4 is 14.8 Å². The Bertz CT molecular complexity index is 595. The largest absolute Gasteiger partial charge is 0.497 e. The van der Waals surface area contributed by atoms with E-state index in [1.165, 1.54) is 11.0 Å². The smallest absolute Gasteiger partial charge is 0.247 e. The van der Waals surface area contributed by atoms with E-state index in [9.17, 15) is 9.59 Å². The second-order valence-electron chi connectivity index (χ2n) is 4.88. The highest BCUT2D eigenvalue weighted by Crippen LogP contribution is 2.16. The number of hydrogen-bond donors (Lipinski definition) is 1. The van der Waals surface area contributed by atoms with Crippen LogP contribution in [0.1, 0.15) is 0 Å². The highest BCUT2D eigenvalue weighted by Gasteiger charge is 2.28. The Labute approximate surface area is 135 Å². The molecule has 0 fully saturated rings. The van der Waals surface area contributed by atoms with Gasteiger partial charge >= 0.3 is 0 Å². The standard InChI is InChI=1S/C17H20N2O4/c1-3-16(20)19-11-4-5-15(19)17(21)18-10-12-23-14-8-6-13(22-2)7-9-14/h3-9,15H,1,10-12H2,2H3,(H,18,21)/t15-/m0/s1. The van der Waals surface area contributed by atoms with Crippen LogP contribution in [0.15, 0.2) is 49.1 Å². The van der Waals surface area contributed by atoms with Crippen LogP contribution in [0.2, 0.25) is 0 Å². The van der Waals surface area contributed by atoms with Crippen molar-refractivity contribution < 1.29 is 19.1 Å². The number of methoxy groups -OCH3 is 1. The molecule has 6 nitrogen and oxygen atoms in total. The van der Waals surface area contributed by atoms with Gasteiger partial charge in [0.05, 0.1) is 13.7 Å². The number of ether oxygens (including phenoxy) is 2. The Morgan fingerprint density at radius 2 is 2.04 bits per heavy atom. The molecule has 0 bridgehead atoms. The molecule has 1 aromatic rings. The van der Waals surface area contributed by atoms with Crippen molar-refractivity contribution in [2.75, 3.05) is 26.8 Å². The Balaban J connectivity index is 1.75. The average molecular weight is 316 g/mol. The highest BCUT2D eigenvalue weighted by molar-refractivity contribution is 5.94. The molecule has 0 radical (unpaired) electrons. The molecule has 2 rings (SSSR count). The van der Waals surface area contributed by atoms with E-state index in [0.717, 1.165) is 5.75 Å². The lowest BCUT2D eigenvalue weighted by Crippen LogP contribution is -2.46. The van der Waals surface area contributed by atoms with Crippen LogP contribution in [0.5, 0.6) is 11.5 Å². The third-order valence-electron chi connectivity index (χ3n) is 3.41. The Morgan fingerprint density at radius 3 is 2.70 bits per heavy atom. The predicted molar refractivity (Wildman–Crippen MR) is 86.3 cm³/mol. The number of nitrogens with zero attached hydrogens (tertiary/aromatic N) is 1. The summed E-state index contributed by atoms with van der Waals surface area (Å²) in [6, 6.07) is 6.61. The zero-order chi connectivity index (χ0) is 16.7. The van der Waals surface area contributed by atoms with Crippen molar-refractivity contribution >= 4 is 11.8 Å². The van der Waals surface area contributed by atoms with Gasteiger partial charge in [-0.25, -0.2) is 0 Å². The van der Waals surface area contributed by atoms with E-state index < -0.39 is 6.04 Å². The number of amides is 2. The average Bonchev–Trinajstić information content (AvgIpc) is 3.08. The molecule has 0 saturated carbocycles. The summed E-state index contributed by atoms with van der Waals surface area (Å²) in [6.45, 7) is 4.55. The van der Waals surface area contributed by atoms with Gasteiger partial charge < -0.3 is 19.7 Å². The first-order valence-electron chi connectivity index (χ1n) is 7.30. The number of carbonyl (C=O) groups excluding carboxylic acids is 2. The first-order chi connectivity index (χ1) is 11.2. The first-order valence-corrected chi connectivity index (χ1v) is 7.30. The van der Waals surface area contributed by atoms with Crippen molar-refractivity contribution in [1.29, 1.82) is 0 Å². The molecule has 122 valence electrons. The van der Waals surface area contributed by atoms with Crippen molar-refractivity contribution in [3.05, 3.63) is 49.1 Å². The van der Waals surface area contributed by atoms with Gasteiger partial charge in [-0.2, -0.15) is 0 Å². The fraction of sp³-hybridized carbons (Fsp3) is 0.294. The lowest BCUT2D eigenvalue weighted by molar-refractivity contribution is -0.134. The molecule has 1 aliphatic heterocycles. The molecule has 6 heteroatoms.